The lowest BCUT2D eigenvalue weighted by atomic mass is 10.1. The second-order valence-corrected chi connectivity index (χ2v) is 3.32. The van der Waals surface area contributed by atoms with Gasteiger partial charge in [0.25, 0.3) is 0 Å². The van der Waals surface area contributed by atoms with Gasteiger partial charge in [0.2, 0.25) is 0 Å². The quantitative estimate of drug-likeness (QED) is 0.575. The summed E-state index contributed by atoms with van der Waals surface area (Å²) < 4.78 is 10.4. The number of aliphatic hydroxyl groups is 2. The van der Waals surface area contributed by atoms with Gasteiger partial charge in [-0.1, -0.05) is 0 Å². The lowest BCUT2D eigenvalue weighted by molar-refractivity contribution is -0.00820. The predicted octanol–water partition coefficient (Wildman–Crippen LogP) is -0.0747. The fourth-order valence-corrected chi connectivity index (χ4v) is 1.49. The Bertz CT molecular complexity index is 123. The third kappa shape index (κ3) is 4.57. The molecule has 0 saturated carbocycles. The molecule has 2 unspecified atom stereocenters. The first-order valence-corrected chi connectivity index (χ1v) is 4.81. The zero-order chi connectivity index (χ0) is 9.52. The fraction of sp³-hybridized carbons (Fsp3) is 1.00. The summed E-state index contributed by atoms with van der Waals surface area (Å²) in [5.41, 5.74) is 0. The lowest BCUT2D eigenvalue weighted by Gasteiger charge is -2.14. The van der Waals surface area contributed by atoms with Crippen molar-refractivity contribution in [3.63, 3.8) is 0 Å². The van der Waals surface area contributed by atoms with Gasteiger partial charge in [-0.15, -0.1) is 0 Å². The van der Waals surface area contributed by atoms with E-state index >= 15 is 0 Å². The van der Waals surface area contributed by atoms with Gasteiger partial charge < -0.3 is 19.7 Å². The van der Waals surface area contributed by atoms with Gasteiger partial charge in [-0.3, -0.25) is 0 Å². The molecule has 0 aromatic rings. The molecule has 1 aliphatic heterocycles. The number of rotatable bonds is 6. The summed E-state index contributed by atoms with van der Waals surface area (Å²) in [6.45, 7) is 1.41. The normalized spacial score (nSPS) is 24.9. The van der Waals surface area contributed by atoms with Crippen LogP contribution in [0.2, 0.25) is 0 Å². The highest BCUT2D eigenvalue weighted by molar-refractivity contribution is 4.69. The molecule has 0 aromatic heterocycles. The maximum absolute atomic E-state index is 9.45. The second-order valence-electron chi connectivity index (χ2n) is 3.32. The molecule has 2 N–H and O–H groups in total. The Morgan fingerprint density at radius 2 is 2.38 bits per heavy atom. The van der Waals surface area contributed by atoms with E-state index in [4.69, 9.17) is 14.6 Å². The van der Waals surface area contributed by atoms with Crippen LogP contribution in [0.25, 0.3) is 0 Å². The minimum absolute atomic E-state index is 0.00660. The molecule has 1 heterocycles. The smallest absolute Gasteiger partial charge is 0.0798 e. The monoisotopic (exact) mass is 190 g/mol. The van der Waals surface area contributed by atoms with Crippen molar-refractivity contribution in [2.24, 2.45) is 0 Å². The molecule has 1 saturated heterocycles. The van der Waals surface area contributed by atoms with Gasteiger partial charge in [-0.05, 0) is 12.8 Å². The summed E-state index contributed by atoms with van der Waals surface area (Å²) in [4.78, 5) is 0. The van der Waals surface area contributed by atoms with Crippen molar-refractivity contribution < 1.29 is 19.7 Å². The number of ether oxygens (including phenoxy) is 2. The Hall–Kier alpha value is -0.160. The average Bonchev–Trinajstić information content (AvgIpc) is 2.57. The molecule has 0 aliphatic carbocycles. The van der Waals surface area contributed by atoms with E-state index in [0.717, 1.165) is 19.4 Å². The van der Waals surface area contributed by atoms with Gasteiger partial charge in [0, 0.05) is 13.0 Å². The van der Waals surface area contributed by atoms with Gasteiger partial charge in [-0.25, -0.2) is 0 Å². The number of hydrogen-bond acceptors (Lipinski definition) is 4. The Balaban J connectivity index is 1.99. The molecule has 4 heteroatoms. The van der Waals surface area contributed by atoms with Gasteiger partial charge >= 0.3 is 0 Å². The topological polar surface area (TPSA) is 58.9 Å². The van der Waals surface area contributed by atoms with Crippen molar-refractivity contribution in [1.82, 2.24) is 0 Å². The highest BCUT2D eigenvalue weighted by atomic mass is 16.5. The molecule has 2 atom stereocenters. The van der Waals surface area contributed by atoms with Gasteiger partial charge in [0.05, 0.1) is 32.0 Å². The van der Waals surface area contributed by atoms with E-state index in [9.17, 15) is 5.11 Å². The molecule has 1 aliphatic rings. The maximum atomic E-state index is 9.45. The first-order valence-electron chi connectivity index (χ1n) is 4.81. The van der Waals surface area contributed by atoms with E-state index in [-0.39, 0.29) is 12.7 Å². The largest absolute Gasteiger partial charge is 0.394 e. The van der Waals surface area contributed by atoms with Crippen molar-refractivity contribution in [2.45, 2.75) is 31.5 Å². The second kappa shape index (κ2) is 6.32. The first-order chi connectivity index (χ1) is 6.33. The van der Waals surface area contributed by atoms with Crippen molar-refractivity contribution in [3.8, 4) is 0 Å². The van der Waals surface area contributed by atoms with Crippen molar-refractivity contribution in [1.29, 1.82) is 0 Å². The van der Waals surface area contributed by atoms with E-state index in [1.807, 2.05) is 0 Å². The number of aliphatic hydroxyl groups excluding tert-OH is 2. The van der Waals surface area contributed by atoms with E-state index in [1.165, 1.54) is 0 Å². The number of hydrogen-bond donors (Lipinski definition) is 2. The molecule has 78 valence electrons. The highest BCUT2D eigenvalue weighted by Crippen LogP contribution is 2.16. The standard InChI is InChI=1S/C9H18O4/c10-3-5-12-7-8(11)6-9-2-1-4-13-9/h8-11H,1-7H2. The van der Waals surface area contributed by atoms with Crippen LogP contribution in [0.5, 0.6) is 0 Å². The Morgan fingerprint density at radius 3 is 3.00 bits per heavy atom. The maximum Gasteiger partial charge on any atom is 0.0798 e. The third-order valence-electron chi connectivity index (χ3n) is 2.10. The molecule has 0 radical (unpaired) electrons. The van der Waals surface area contributed by atoms with E-state index in [1.54, 1.807) is 0 Å². The molecule has 1 fully saturated rings. The summed E-state index contributed by atoms with van der Waals surface area (Å²) >= 11 is 0. The summed E-state index contributed by atoms with van der Waals surface area (Å²) in [6.07, 6.45) is 2.51. The van der Waals surface area contributed by atoms with E-state index < -0.39 is 6.10 Å². The third-order valence-corrected chi connectivity index (χ3v) is 2.10. The fourth-order valence-electron chi connectivity index (χ4n) is 1.49. The zero-order valence-corrected chi connectivity index (χ0v) is 7.82. The van der Waals surface area contributed by atoms with Crippen LogP contribution < -0.4 is 0 Å². The molecule has 0 spiro atoms. The SMILES string of the molecule is OCCOCC(O)CC1CCCO1. The van der Waals surface area contributed by atoms with E-state index in [0.29, 0.717) is 19.6 Å². The molecule has 0 bridgehead atoms. The summed E-state index contributed by atoms with van der Waals surface area (Å²) in [5, 5.41) is 17.9. The van der Waals surface area contributed by atoms with E-state index in [2.05, 4.69) is 0 Å². The average molecular weight is 190 g/mol. The summed E-state index contributed by atoms with van der Waals surface area (Å²) in [7, 11) is 0. The van der Waals surface area contributed by atoms with Crippen LogP contribution in [0.15, 0.2) is 0 Å². The van der Waals surface area contributed by atoms with Crippen LogP contribution in [-0.4, -0.2) is 48.8 Å². The zero-order valence-electron chi connectivity index (χ0n) is 7.82. The molecule has 1 rings (SSSR count). The van der Waals surface area contributed by atoms with Crippen LogP contribution in [0.1, 0.15) is 19.3 Å². The molecule has 0 aromatic carbocycles. The Labute approximate surface area is 78.5 Å². The van der Waals surface area contributed by atoms with Crippen LogP contribution in [-0.2, 0) is 9.47 Å². The Morgan fingerprint density at radius 1 is 1.54 bits per heavy atom. The molecule has 13 heavy (non-hydrogen) atoms. The Kier molecular flexibility index (Phi) is 5.31. The van der Waals surface area contributed by atoms with Gasteiger partial charge in [0.15, 0.2) is 0 Å². The van der Waals surface area contributed by atoms with Crippen LogP contribution in [0.3, 0.4) is 0 Å². The highest BCUT2D eigenvalue weighted by Gasteiger charge is 2.19. The summed E-state index contributed by atoms with van der Waals surface area (Å²) in [6, 6.07) is 0. The van der Waals surface area contributed by atoms with Crippen molar-refractivity contribution in [2.75, 3.05) is 26.4 Å². The minimum atomic E-state index is -0.463. The van der Waals surface area contributed by atoms with Crippen LogP contribution in [0, 0.1) is 0 Å². The van der Waals surface area contributed by atoms with Gasteiger partial charge in [0.1, 0.15) is 0 Å². The van der Waals surface area contributed by atoms with Crippen LogP contribution >= 0.6 is 0 Å². The first kappa shape index (κ1) is 10.9. The molecular formula is C9H18O4. The van der Waals surface area contributed by atoms with Gasteiger partial charge in [-0.2, -0.15) is 0 Å². The molecule has 4 nitrogen and oxygen atoms in total. The molecular weight excluding hydrogens is 172 g/mol. The van der Waals surface area contributed by atoms with Crippen molar-refractivity contribution >= 4 is 0 Å². The lowest BCUT2D eigenvalue weighted by Crippen LogP contribution is -2.22. The summed E-state index contributed by atoms with van der Waals surface area (Å²) in [5.74, 6) is 0. The van der Waals surface area contributed by atoms with Crippen molar-refractivity contribution in [3.05, 3.63) is 0 Å². The molecule has 0 amide bonds. The predicted molar refractivity (Wildman–Crippen MR) is 47.5 cm³/mol. The minimum Gasteiger partial charge on any atom is -0.394 e. The van der Waals surface area contributed by atoms with Crippen LogP contribution in [0.4, 0.5) is 0 Å².